The normalized spacial score (nSPS) is 17.9. The van der Waals surface area contributed by atoms with E-state index in [1.165, 1.54) is 0 Å². The zero-order valence-corrected chi connectivity index (χ0v) is 14.0. The maximum Gasteiger partial charge on any atom is 0.410 e. The van der Waals surface area contributed by atoms with E-state index in [9.17, 15) is 4.79 Å². The summed E-state index contributed by atoms with van der Waals surface area (Å²) in [4.78, 5) is 13.4. The molecular weight excluding hydrogens is 238 g/mol. The van der Waals surface area contributed by atoms with Crippen LogP contribution in [0.5, 0.6) is 0 Å². The predicted molar refractivity (Wildman–Crippen MR) is 83.4 cm³/mol. The molecule has 1 aliphatic rings. The summed E-state index contributed by atoms with van der Waals surface area (Å²) in [5.41, 5.74) is 0.210. The number of ether oxygens (including phenoxy) is 1. The van der Waals surface area contributed by atoms with Crippen LogP contribution in [0.3, 0.4) is 0 Å². The maximum atomic E-state index is 11.6. The molecule has 0 N–H and O–H groups in total. The first-order valence-electron chi connectivity index (χ1n) is 7.45. The summed E-state index contributed by atoms with van der Waals surface area (Å²) in [6, 6.07) is 0. The summed E-state index contributed by atoms with van der Waals surface area (Å²) in [5.74, 6) is 0. The van der Waals surface area contributed by atoms with Gasteiger partial charge in [0.05, 0.1) is 0 Å². The maximum absolute atomic E-state index is 11.6. The fraction of sp³-hybridized carbons (Fsp3) is 0.812. The van der Waals surface area contributed by atoms with Crippen molar-refractivity contribution < 1.29 is 9.53 Å². The highest BCUT2D eigenvalue weighted by molar-refractivity contribution is 5.68. The third kappa shape index (κ3) is 8.68. The average molecular weight is 271 g/mol. The van der Waals surface area contributed by atoms with Crippen LogP contribution >= 0.6 is 0 Å². The van der Waals surface area contributed by atoms with Gasteiger partial charge in [0.25, 0.3) is 0 Å². The lowest BCUT2D eigenvalue weighted by atomic mass is 10.2. The van der Waals surface area contributed by atoms with Gasteiger partial charge in [-0.1, -0.05) is 40.7 Å². The Labute approximate surface area is 120 Å². The zero-order valence-electron chi connectivity index (χ0n) is 14.0. The Kier molecular flexibility index (Phi) is 11.7. The van der Waals surface area contributed by atoms with Crippen molar-refractivity contribution in [1.82, 2.24) is 4.90 Å². The summed E-state index contributed by atoms with van der Waals surface area (Å²) < 4.78 is 5.37. The third-order valence-corrected chi connectivity index (χ3v) is 2.80. The van der Waals surface area contributed by atoms with Gasteiger partial charge < -0.3 is 9.64 Å². The van der Waals surface area contributed by atoms with E-state index in [-0.39, 0.29) is 17.6 Å². The van der Waals surface area contributed by atoms with E-state index in [4.69, 9.17) is 4.74 Å². The molecule has 19 heavy (non-hydrogen) atoms. The average Bonchev–Trinajstić information content (AvgIpc) is 2.96. The van der Waals surface area contributed by atoms with Crippen LogP contribution in [-0.4, -0.2) is 30.2 Å². The minimum Gasteiger partial charge on any atom is -0.446 e. The second-order valence-electron chi connectivity index (χ2n) is 5.05. The van der Waals surface area contributed by atoms with E-state index in [0.717, 1.165) is 25.9 Å². The van der Waals surface area contributed by atoms with Gasteiger partial charge in [0, 0.05) is 18.5 Å². The molecule has 3 heteroatoms. The number of amides is 1. The molecule has 0 spiro atoms. The molecule has 1 atom stereocenters. The SMILES string of the molecule is C=CC.CC.CCCN(CC)C(=O)OC1CC1(C)C. The topological polar surface area (TPSA) is 29.5 Å². The van der Waals surface area contributed by atoms with Crippen molar-refractivity contribution in [2.24, 2.45) is 5.41 Å². The minimum atomic E-state index is -0.148. The number of carbonyl (C=O) groups excluding carboxylic acids is 1. The largest absolute Gasteiger partial charge is 0.446 e. The van der Waals surface area contributed by atoms with E-state index >= 15 is 0 Å². The third-order valence-electron chi connectivity index (χ3n) is 2.80. The second-order valence-corrected chi connectivity index (χ2v) is 5.05. The summed E-state index contributed by atoms with van der Waals surface area (Å²) in [5, 5.41) is 0. The molecule has 0 saturated heterocycles. The Morgan fingerprint density at radius 1 is 1.42 bits per heavy atom. The second kappa shape index (κ2) is 10.9. The van der Waals surface area contributed by atoms with E-state index in [2.05, 4.69) is 27.4 Å². The van der Waals surface area contributed by atoms with Crippen LogP contribution in [-0.2, 0) is 4.74 Å². The Morgan fingerprint density at radius 2 is 1.84 bits per heavy atom. The van der Waals surface area contributed by atoms with Gasteiger partial charge in [-0.2, -0.15) is 0 Å². The number of carbonyl (C=O) groups is 1. The highest BCUT2D eigenvalue weighted by atomic mass is 16.6. The quantitative estimate of drug-likeness (QED) is 0.682. The van der Waals surface area contributed by atoms with E-state index in [1.807, 2.05) is 27.7 Å². The number of allylic oxidation sites excluding steroid dienone is 1. The molecule has 1 saturated carbocycles. The molecule has 0 aromatic rings. The van der Waals surface area contributed by atoms with Crippen LogP contribution in [0.1, 0.15) is 61.3 Å². The van der Waals surface area contributed by atoms with Crippen molar-refractivity contribution in [3.05, 3.63) is 12.7 Å². The predicted octanol–water partition coefficient (Wildman–Crippen LogP) is 4.87. The highest BCUT2D eigenvalue weighted by Crippen LogP contribution is 2.47. The minimum absolute atomic E-state index is 0.140. The van der Waals surface area contributed by atoms with Crippen LogP contribution in [0.2, 0.25) is 0 Å². The first-order valence-corrected chi connectivity index (χ1v) is 7.45. The zero-order chi connectivity index (χ0) is 15.5. The Hall–Kier alpha value is -0.990. The molecule has 3 nitrogen and oxygen atoms in total. The number of hydrogen-bond donors (Lipinski definition) is 0. The fourth-order valence-electron chi connectivity index (χ4n) is 1.46. The van der Waals surface area contributed by atoms with Gasteiger partial charge in [-0.3, -0.25) is 0 Å². The lowest BCUT2D eigenvalue weighted by Crippen LogP contribution is -2.33. The van der Waals surface area contributed by atoms with Gasteiger partial charge >= 0.3 is 6.09 Å². The molecular formula is C16H33NO2. The van der Waals surface area contributed by atoms with Crippen molar-refractivity contribution in [2.75, 3.05) is 13.1 Å². The van der Waals surface area contributed by atoms with Crippen molar-refractivity contribution in [2.45, 2.75) is 67.4 Å². The van der Waals surface area contributed by atoms with Gasteiger partial charge in [-0.25, -0.2) is 4.79 Å². The van der Waals surface area contributed by atoms with Crippen molar-refractivity contribution >= 4 is 6.09 Å². The van der Waals surface area contributed by atoms with E-state index < -0.39 is 0 Å². The fourth-order valence-corrected chi connectivity index (χ4v) is 1.46. The van der Waals surface area contributed by atoms with Gasteiger partial charge in [0.1, 0.15) is 6.10 Å². The van der Waals surface area contributed by atoms with Crippen LogP contribution in [0.15, 0.2) is 12.7 Å². The molecule has 1 unspecified atom stereocenters. The summed E-state index contributed by atoms with van der Waals surface area (Å²) in [7, 11) is 0. The Balaban J connectivity index is 0. The van der Waals surface area contributed by atoms with Gasteiger partial charge in [-0.15, -0.1) is 6.58 Å². The molecule has 1 fully saturated rings. The molecule has 1 aliphatic carbocycles. The summed E-state index contributed by atoms with van der Waals surface area (Å²) in [6.07, 6.45) is 3.73. The standard InChI is InChI=1S/C11H21NO2.C3H6.C2H6/c1-5-7-12(6-2)10(13)14-9-8-11(9,3)4;1-3-2;1-2/h9H,5-8H2,1-4H3;3H,1H2,2H3;1-2H3. The molecule has 0 aromatic heterocycles. The lowest BCUT2D eigenvalue weighted by molar-refractivity contribution is 0.0871. The van der Waals surface area contributed by atoms with Gasteiger partial charge in [0.15, 0.2) is 0 Å². The first-order chi connectivity index (χ1) is 8.92. The Bertz CT molecular complexity index is 249. The van der Waals surface area contributed by atoms with Crippen molar-refractivity contribution in [3.8, 4) is 0 Å². The van der Waals surface area contributed by atoms with E-state index in [1.54, 1.807) is 11.0 Å². The molecule has 0 radical (unpaired) electrons. The first kappa shape index (κ1) is 20.3. The number of hydrogen-bond acceptors (Lipinski definition) is 2. The van der Waals surface area contributed by atoms with Crippen LogP contribution in [0, 0.1) is 5.41 Å². The highest BCUT2D eigenvalue weighted by Gasteiger charge is 2.49. The monoisotopic (exact) mass is 271 g/mol. The molecule has 0 aliphatic heterocycles. The van der Waals surface area contributed by atoms with Gasteiger partial charge in [0.2, 0.25) is 0 Å². The van der Waals surface area contributed by atoms with Crippen molar-refractivity contribution in [3.63, 3.8) is 0 Å². The molecule has 114 valence electrons. The van der Waals surface area contributed by atoms with Crippen LogP contribution < -0.4 is 0 Å². The van der Waals surface area contributed by atoms with Crippen LogP contribution in [0.25, 0.3) is 0 Å². The number of rotatable bonds is 4. The summed E-state index contributed by atoms with van der Waals surface area (Å²) in [6.45, 7) is 19.1. The van der Waals surface area contributed by atoms with Crippen LogP contribution in [0.4, 0.5) is 4.79 Å². The molecule has 1 rings (SSSR count). The molecule has 1 amide bonds. The summed E-state index contributed by atoms with van der Waals surface area (Å²) >= 11 is 0. The molecule has 0 aromatic carbocycles. The molecule has 0 heterocycles. The molecule has 0 bridgehead atoms. The number of nitrogens with zero attached hydrogens (tertiary/aromatic N) is 1. The van der Waals surface area contributed by atoms with E-state index in [0.29, 0.717) is 0 Å². The Morgan fingerprint density at radius 3 is 2.11 bits per heavy atom. The van der Waals surface area contributed by atoms with Crippen molar-refractivity contribution in [1.29, 1.82) is 0 Å². The lowest BCUT2D eigenvalue weighted by Gasteiger charge is -2.19. The smallest absolute Gasteiger partial charge is 0.410 e. The van der Waals surface area contributed by atoms with Gasteiger partial charge in [-0.05, 0) is 26.7 Å².